The van der Waals surface area contributed by atoms with E-state index in [1.54, 1.807) is 7.11 Å². The smallest absolute Gasteiger partial charge is 0.315 e. The van der Waals surface area contributed by atoms with Crippen molar-refractivity contribution in [2.45, 2.75) is 26.1 Å². The average Bonchev–Trinajstić information content (AvgIpc) is 2.54. The van der Waals surface area contributed by atoms with Crippen LogP contribution in [0.15, 0.2) is 48.5 Å². The Kier molecular flexibility index (Phi) is 6.44. The zero-order valence-corrected chi connectivity index (χ0v) is 14.1. The van der Waals surface area contributed by atoms with Gasteiger partial charge in [0.1, 0.15) is 0 Å². The summed E-state index contributed by atoms with van der Waals surface area (Å²) in [4.78, 5) is 12.1. The molecule has 2 aromatic carbocycles. The highest BCUT2D eigenvalue weighted by Crippen LogP contribution is 2.21. The number of carbonyl (C=O) groups is 1. The Balaban J connectivity index is 1.92. The number of carbonyl (C=O) groups excluding carboxylic acids is 1. The summed E-state index contributed by atoms with van der Waals surface area (Å²) >= 11 is 6.15. The van der Waals surface area contributed by atoms with Crippen molar-refractivity contribution >= 4 is 17.6 Å². The summed E-state index contributed by atoms with van der Waals surface area (Å²) in [5.74, 6) is 0. The molecule has 122 valence electrons. The molecule has 5 heteroatoms. The highest BCUT2D eigenvalue weighted by atomic mass is 35.5. The van der Waals surface area contributed by atoms with Crippen molar-refractivity contribution in [3.8, 4) is 0 Å². The van der Waals surface area contributed by atoms with E-state index in [4.69, 9.17) is 16.3 Å². The standard InChI is InChI=1S/C18H21ClN2O2/c1-13(16-9-5-6-10-17(16)19)21-18(22)20-11-14-7-3-4-8-15(14)12-23-2/h3-10,13H,11-12H2,1-2H3,(H2,20,21,22). The van der Waals surface area contributed by atoms with Gasteiger partial charge in [0, 0.05) is 18.7 Å². The van der Waals surface area contributed by atoms with E-state index in [-0.39, 0.29) is 12.1 Å². The summed E-state index contributed by atoms with van der Waals surface area (Å²) in [5.41, 5.74) is 2.99. The van der Waals surface area contributed by atoms with Crippen molar-refractivity contribution < 1.29 is 9.53 Å². The molecule has 0 aliphatic rings. The number of urea groups is 1. The fourth-order valence-electron chi connectivity index (χ4n) is 2.35. The lowest BCUT2D eigenvalue weighted by Crippen LogP contribution is -2.36. The van der Waals surface area contributed by atoms with Gasteiger partial charge in [-0.15, -0.1) is 0 Å². The molecule has 2 rings (SSSR count). The SMILES string of the molecule is COCc1ccccc1CNC(=O)NC(C)c1ccccc1Cl. The average molecular weight is 333 g/mol. The van der Waals surface area contributed by atoms with Crippen molar-refractivity contribution in [1.29, 1.82) is 0 Å². The van der Waals surface area contributed by atoms with Crippen LogP contribution in [0.3, 0.4) is 0 Å². The summed E-state index contributed by atoms with van der Waals surface area (Å²) < 4.78 is 5.17. The highest BCUT2D eigenvalue weighted by molar-refractivity contribution is 6.31. The van der Waals surface area contributed by atoms with Crippen LogP contribution in [-0.2, 0) is 17.9 Å². The van der Waals surface area contributed by atoms with Gasteiger partial charge >= 0.3 is 6.03 Å². The first kappa shape index (κ1) is 17.3. The van der Waals surface area contributed by atoms with Crippen LogP contribution in [-0.4, -0.2) is 13.1 Å². The van der Waals surface area contributed by atoms with E-state index in [1.807, 2.05) is 55.5 Å². The van der Waals surface area contributed by atoms with E-state index in [1.165, 1.54) is 0 Å². The molecule has 0 saturated carbocycles. The Labute approximate surface area is 141 Å². The van der Waals surface area contributed by atoms with E-state index in [2.05, 4.69) is 10.6 Å². The van der Waals surface area contributed by atoms with Gasteiger partial charge < -0.3 is 15.4 Å². The number of nitrogens with one attached hydrogen (secondary N) is 2. The molecule has 0 aliphatic heterocycles. The van der Waals surface area contributed by atoms with E-state index in [0.29, 0.717) is 18.2 Å². The minimum Gasteiger partial charge on any atom is -0.380 e. The maximum absolute atomic E-state index is 12.1. The van der Waals surface area contributed by atoms with Gasteiger partial charge in [0.05, 0.1) is 12.6 Å². The van der Waals surface area contributed by atoms with Gasteiger partial charge in [-0.3, -0.25) is 0 Å². The lowest BCUT2D eigenvalue weighted by Gasteiger charge is -2.17. The molecular formula is C18H21ClN2O2. The fraction of sp³-hybridized carbons (Fsp3) is 0.278. The minimum absolute atomic E-state index is 0.169. The third kappa shape index (κ3) is 4.98. The Hall–Kier alpha value is -2.04. The van der Waals surface area contributed by atoms with Crippen molar-refractivity contribution in [2.75, 3.05) is 7.11 Å². The normalized spacial score (nSPS) is 11.8. The molecule has 0 heterocycles. The van der Waals surface area contributed by atoms with Crippen LogP contribution in [0.25, 0.3) is 0 Å². The third-order valence-corrected chi connectivity index (χ3v) is 3.92. The van der Waals surface area contributed by atoms with Crippen molar-refractivity contribution in [3.63, 3.8) is 0 Å². The molecule has 1 atom stereocenters. The molecule has 0 aromatic heterocycles. The Morgan fingerprint density at radius 1 is 1.13 bits per heavy atom. The predicted octanol–water partition coefficient (Wildman–Crippen LogP) is 4.05. The molecule has 4 nitrogen and oxygen atoms in total. The van der Waals surface area contributed by atoms with Crippen LogP contribution in [0.1, 0.15) is 29.7 Å². The minimum atomic E-state index is -0.232. The second-order valence-electron chi connectivity index (χ2n) is 5.27. The summed E-state index contributed by atoms with van der Waals surface area (Å²) in [5, 5.41) is 6.41. The van der Waals surface area contributed by atoms with Crippen LogP contribution < -0.4 is 10.6 Å². The molecule has 0 bridgehead atoms. The maximum Gasteiger partial charge on any atom is 0.315 e. The van der Waals surface area contributed by atoms with Crippen molar-refractivity contribution in [3.05, 3.63) is 70.2 Å². The van der Waals surface area contributed by atoms with Crippen LogP contribution in [0.4, 0.5) is 4.79 Å². The van der Waals surface area contributed by atoms with E-state index >= 15 is 0 Å². The number of hydrogen-bond donors (Lipinski definition) is 2. The quantitative estimate of drug-likeness (QED) is 0.838. The molecule has 0 radical (unpaired) electrons. The highest BCUT2D eigenvalue weighted by Gasteiger charge is 2.12. The second-order valence-corrected chi connectivity index (χ2v) is 5.68. The van der Waals surface area contributed by atoms with Gasteiger partial charge in [-0.2, -0.15) is 0 Å². The van der Waals surface area contributed by atoms with E-state index in [0.717, 1.165) is 16.7 Å². The molecule has 0 spiro atoms. The topological polar surface area (TPSA) is 50.4 Å². The predicted molar refractivity (Wildman–Crippen MR) is 92.4 cm³/mol. The summed E-state index contributed by atoms with van der Waals surface area (Å²) in [6.45, 7) is 2.87. The monoisotopic (exact) mass is 332 g/mol. The zero-order valence-electron chi connectivity index (χ0n) is 13.3. The van der Waals surface area contributed by atoms with Gasteiger partial charge in [-0.25, -0.2) is 4.79 Å². The molecule has 2 amide bonds. The van der Waals surface area contributed by atoms with Crippen LogP contribution in [0.2, 0.25) is 5.02 Å². The first-order valence-corrected chi connectivity index (χ1v) is 7.84. The van der Waals surface area contributed by atoms with Crippen molar-refractivity contribution in [2.24, 2.45) is 0 Å². The molecular weight excluding hydrogens is 312 g/mol. The summed E-state index contributed by atoms with van der Waals surface area (Å²) in [7, 11) is 1.65. The van der Waals surface area contributed by atoms with Crippen LogP contribution in [0, 0.1) is 0 Å². The Bertz CT molecular complexity index is 661. The van der Waals surface area contributed by atoms with Gasteiger partial charge in [-0.1, -0.05) is 54.1 Å². The summed E-state index contributed by atoms with van der Waals surface area (Å²) in [6.07, 6.45) is 0. The first-order chi connectivity index (χ1) is 11.1. The van der Waals surface area contributed by atoms with Gasteiger partial charge in [0.2, 0.25) is 0 Å². The van der Waals surface area contributed by atoms with Crippen molar-refractivity contribution in [1.82, 2.24) is 10.6 Å². The lowest BCUT2D eigenvalue weighted by atomic mass is 10.1. The number of halogens is 1. The van der Waals surface area contributed by atoms with Gasteiger partial charge in [0.15, 0.2) is 0 Å². The molecule has 1 unspecified atom stereocenters. The molecule has 2 N–H and O–H groups in total. The van der Waals surface area contributed by atoms with E-state index in [9.17, 15) is 4.79 Å². The molecule has 0 aliphatic carbocycles. The third-order valence-electron chi connectivity index (χ3n) is 3.58. The van der Waals surface area contributed by atoms with Crippen LogP contribution in [0.5, 0.6) is 0 Å². The molecule has 0 saturated heterocycles. The second kappa shape index (κ2) is 8.56. The Morgan fingerprint density at radius 2 is 1.78 bits per heavy atom. The zero-order chi connectivity index (χ0) is 16.7. The maximum atomic E-state index is 12.1. The first-order valence-electron chi connectivity index (χ1n) is 7.46. The van der Waals surface area contributed by atoms with Crippen LogP contribution >= 0.6 is 11.6 Å². The largest absolute Gasteiger partial charge is 0.380 e. The lowest BCUT2D eigenvalue weighted by molar-refractivity contribution is 0.184. The number of methoxy groups -OCH3 is 1. The van der Waals surface area contributed by atoms with Gasteiger partial charge in [-0.05, 0) is 29.7 Å². The summed E-state index contributed by atoms with van der Waals surface area (Å²) in [6, 6.07) is 15.0. The fourth-order valence-corrected chi connectivity index (χ4v) is 2.65. The number of hydrogen-bond acceptors (Lipinski definition) is 2. The Morgan fingerprint density at radius 3 is 2.48 bits per heavy atom. The number of rotatable bonds is 6. The number of benzene rings is 2. The molecule has 0 fully saturated rings. The number of amides is 2. The number of ether oxygens (including phenoxy) is 1. The van der Waals surface area contributed by atoms with Gasteiger partial charge in [0.25, 0.3) is 0 Å². The molecule has 2 aromatic rings. The molecule has 23 heavy (non-hydrogen) atoms. The van der Waals surface area contributed by atoms with E-state index < -0.39 is 0 Å².